The van der Waals surface area contributed by atoms with Gasteiger partial charge in [0.25, 0.3) is 0 Å². The van der Waals surface area contributed by atoms with E-state index in [1.165, 1.54) is 16.8 Å². The Kier molecular flexibility index (Phi) is 4.72. The Labute approximate surface area is 160 Å². The standard InChI is InChI=1S/C22H26N4O/c1-24(2)9-10-25-11-12-26-20-14-17(22(23)27)8-7-16(20)13-21(26)19-6-4-3-5-18(19)15-25/h3-8,13-14H,9-12,15H2,1-2H3,(H2,23,27). The predicted molar refractivity (Wildman–Crippen MR) is 110 cm³/mol. The maximum Gasteiger partial charge on any atom is 0.248 e. The quantitative estimate of drug-likeness (QED) is 0.776. The first-order valence-corrected chi connectivity index (χ1v) is 9.41. The minimum atomic E-state index is -0.383. The van der Waals surface area contributed by atoms with Crippen molar-refractivity contribution >= 4 is 16.8 Å². The molecular formula is C22H26N4O. The highest BCUT2D eigenvalue weighted by Crippen LogP contribution is 2.33. The van der Waals surface area contributed by atoms with Crippen LogP contribution in [0.15, 0.2) is 48.5 Å². The van der Waals surface area contributed by atoms with Crippen LogP contribution in [0.4, 0.5) is 0 Å². The Balaban J connectivity index is 1.82. The van der Waals surface area contributed by atoms with Gasteiger partial charge in [-0.3, -0.25) is 9.69 Å². The summed E-state index contributed by atoms with van der Waals surface area (Å²) >= 11 is 0. The Morgan fingerprint density at radius 3 is 2.70 bits per heavy atom. The number of rotatable bonds is 4. The minimum Gasteiger partial charge on any atom is -0.366 e. The molecule has 4 rings (SSSR count). The second kappa shape index (κ2) is 7.18. The summed E-state index contributed by atoms with van der Waals surface area (Å²) in [6, 6.07) is 16.6. The molecule has 140 valence electrons. The molecular weight excluding hydrogens is 336 g/mol. The van der Waals surface area contributed by atoms with Gasteiger partial charge in [0.2, 0.25) is 5.91 Å². The van der Waals surface area contributed by atoms with Gasteiger partial charge >= 0.3 is 0 Å². The average Bonchev–Trinajstić information content (AvgIpc) is 2.99. The summed E-state index contributed by atoms with van der Waals surface area (Å²) in [7, 11) is 4.22. The molecule has 1 aromatic heterocycles. The first kappa shape index (κ1) is 17.8. The van der Waals surface area contributed by atoms with E-state index in [9.17, 15) is 4.79 Å². The fourth-order valence-electron chi connectivity index (χ4n) is 3.87. The number of hydrogen-bond donors (Lipinski definition) is 1. The van der Waals surface area contributed by atoms with Crippen molar-refractivity contribution in [1.82, 2.24) is 14.4 Å². The molecule has 1 aliphatic heterocycles. The highest BCUT2D eigenvalue weighted by atomic mass is 16.1. The largest absolute Gasteiger partial charge is 0.366 e. The summed E-state index contributed by atoms with van der Waals surface area (Å²) in [6.07, 6.45) is 0. The number of primary amides is 1. The Morgan fingerprint density at radius 2 is 1.93 bits per heavy atom. The van der Waals surface area contributed by atoms with Gasteiger partial charge in [0, 0.05) is 60.4 Å². The van der Waals surface area contributed by atoms with E-state index >= 15 is 0 Å². The zero-order valence-corrected chi connectivity index (χ0v) is 16.0. The fourth-order valence-corrected chi connectivity index (χ4v) is 3.87. The van der Waals surface area contributed by atoms with Crippen molar-refractivity contribution in [3.8, 4) is 11.3 Å². The number of nitrogens with two attached hydrogens (primary N) is 1. The molecule has 2 aromatic carbocycles. The van der Waals surface area contributed by atoms with Gasteiger partial charge in [-0.25, -0.2) is 0 Å². The molecule has 3 aromatic rings. The average molecular weight is 362 g/mol. The number of carbonyl (C=O) groups excluding carboxylic acids is 1. The van der Waals surface area contributed by atoms with Gasteiger partial charge in [-0.15, -0.1) is 0 Å². The summed E-state index contributed by atoms with van der Waals surface area (Å²) in [6.45, 7) is 4.89. The topological polar surface area (TPSA) is 54.5 Å². The molecule has 27 heavy (non-hydrogen) atoms. The van der Waals surface area contributed by atoms with Crippen LogP contribution in [0.3, 0.4) is 0 Å². The van der Waals surface area contributed by atoms with E-state index in [2.05, 4.69) is 58.8 Å². The van der Waals surface area contributed by atoms with Crippen LogP contribution in [0.25, 0.3) is 22.2 Å². The van der Waals surface area contributed by atoms with Crippen LogP contribution >= 0.6 is 0 Å². The molecule has 0 bridgehead atoms. The van der Waals surface area contributed by atoms with Gasteiger partial charge in [0.1, 0.15) is 0 Å². The Hall–Kier alpha value is -2.63. The molecule has 2 heterocycles. The van der Waals surface area contributed by atoms with Crippen LogP contribution in [0.5, 0.6) is 0 Å². The van der Waals surface area contributed by atoms with E-state index in [1.807, 2.05) is 18.2 Å². The normalized spacial score (nSPS) is 14.6. The lowest BCUT2D eigenvalue weighted by Gasteiger charge is -2.28. The Bertz CT molecular complexity index is 989. The lowest BCUT2D eigenvalue weighted by atomic mass is 10.0. The third-order valence-corrected chi connectivity index (χ3v) is 5.38. The van der Waals surface area contributed by atoms with Gasteiger partial charge in [-0.05, 0) is 37.9 Å². The molecule has 2 N–H and O–H groups in total. The summed E-state index contributed by atoms with van der Waals surface area (Å²) < 4.78 is 2.34. The number of aromatic nitrogens is 1. The molecule has 0 saturated carbocycles. The van der Waals surface area contributed by atoms with E-state index in [1.54, 1.807) is 0 Å². The van der Waals surface area contributed by atoms with Gasteiger partial charge in [-0.2, -0.15) is 0 Å². The van der Waals surface area contributed by atoms with Crippen molar-refractivity contribution in [3.05, 3.63) is 59.7 Å². The minimum absolute atomic E-state index is 0.383. The molecule has 0 fully saturated rings. The molecule has 1 amide bonds. The van der Waals surface area contributed by atoms with Crippen molar-refractivity contribution in [2.45, 2.75) is 13.1 Å². The highest BCUT2D eigenvalue weighted by Gasteiger charge is 2.19. The van der Waals surface area contributed by atoms with E-state index in [-0.39, 0.29) is 5.91 Å². The van der Waals surface area contributed by atoms with Gasteiger partial charge in [0.15, 0.2) is 0 Å². The molecule has 0 radical (unpaired) electrons. The molecule has 0 atom stereocenters. The van der Waals surface area contributed by atoms with Crippen molar-refractivity contribution in [3.63, 3.8) is 0 Å². The SMILES string of the molecule is CN(C)CCN1CCn2c(cc3ccc(C(N)=O)cc32)-c2ccccc2C1. The van der Waals surface area contributed by atoms with Gasteiger partial charge in [0.05, 0.1) is 0 Å². The van der Waals surface area contributed by atoms with Crippen LogP contribution < -0.4 is 5.73 Å². The smallest absolute Gasteiger partial charge is 0.248 e. The van der Waals surface area contributed by atoms with Crippen molar-refractivity contribution in [2.75, 3.05) is 33.7 Å². The summed E-state index contributed by atoms with van der Waals surface area (Å²) in [5.74, 6) is -0.383. The second-order valence-corrected chi connectivity index (χ2v) is 7.56. The highest BCUT2D eigenvalue weighted by molar-refractivity contribution is 5.98. The lowest BCUT2D eigenvalue weighted by Crippen LogP contribution is -2.34. The van der Waals surface area contributed by atoms with E-state index < -0.39 is 0 Å². The third kappa shape index (κ3) is 3.48. The van der Waals surface area contributed by atoms with Crippen LogP contribution in [0.2, 0.25) is 0 Å². The van der Waals surface area contributed by atoms with E-state index in [0.717, 1.165) is 43.6 Å². The number of carbonyl (C=O) groups is 1. The van der Waals surface area contributed by atoms with Crippen LogP contribution in [-0.2, 0) is 13.1 Å². The molecule has 0 unspecified atom stereocenters. The fraction of sp³-hybridized carbons (Fsp3) is 0.318. The zero-order valence-electron chi connectivity index (χ0n) is 16.0. The Morgan fingerprint density at radius 1 is 1.11 bits per heavy atom. The molecule has 0 aliphatic carbocycles. The van der Waals surface area contributed by atoms with Crippen molar-refractivity contribution < 1.29 is 4.79 Å². The van der Waals surface area contributed by atoms with E-state index in [4.69, 9.17) is 5.73 Å². The molecule has 1 aliphatic rings. The number of likely N-dealkylation sites (N-methyl/N-ethyl adjacent to an activating group) is 1. The van der Waals surface area contributed by atoms with E-state index in [0.29, 0.717) is 5.56 Å². The van der Waals surface area contributed by atoms with Crippen LogP contribution in [0.1, 0.15) is 15.9 Å². The number of benzene rings is 2. The van der Waals surface area contributed by atoms with Gasteiger partial charge in [-0.1, -0.05) is 30.3 Å². The summed E-state index contributed by atoms with van der Waals surface area (Å²) in [5, 5.41) is 1.14. The number of fused-ring (bicyclic) bond motifs is 5. The first-order chi connectivity index (χ1) is 13.0. The van der Waals surface area contributed by atoms with Crippen molar-refractivity contribution in [2.24, 2.45) is 5.73 Å². The molecule has 5 nitrogen and oxygen atoms in total. The number of hydrogen-bond acceptors (Lipinski definition) is 3. The number of nitrogens with zero attached hydrogens (tertiary/aromatic N) is 3. The van der Waals surface area contributed by atoms with Crippen molar-refractivity contribution in [1.29, 1.82) is 0 Å². The van der Waals surface area contributed by atoms with Crippen LogP contribution in [0, 0.1) is 0 Å². The molecule has 0 saturated heterocycles. The maximum atomic E-state index is 11.7. The van der Waals surface area contributed by atoms with Crippen LogP contribution in [-0.4, -0.2) is 54.0 Å². The number of amides is 1. The third-order valence-electron chi connectivity index (χ3n) is 5.38. The molecule has 5 heteroatoms. The summed E-state index contributed by atoms with van der Waals surface area (Å²) in [4.78, 5) is 16.4. The summed E-state index contributed by atoms with van der Waals surface area (Å²) in [5.41, 5.74) is 11.0. The second-order valence-electron chi connectivity index (χ2n) is 7.56. The van der Waals surface area contributed by atoms with Gasteiger partial charge < -0.3 is 15.2 Å². The monoisotopic (exact) mass is 362 g/mol. The predicted octanol–water partition coefficient (Wildman–Crippen LogP) is 2.78. The lowest BCUT2D eigenvalue weighted by molar-refractivity contribution is 0.100. The first-order valence-electron chi connectivity index (χ1n) is 9.41. The molecule has 0 spiro atoms. The zero-order chi connectivity index (χ0) is 19.0. The maximum absolute atomic E-state index is 11.7.